The van der Waals surface area contributed by atoms with E-state index in [9.17, 15) is 9.59 Å². The van der Waals surface area contributed by atoms with E-state index in [1.807, 2.05) is 18.7 Å². The summed E-state index contributed by atoms with van der Waals surface area (Å²) in [5, 5.41) is 0. The van der Waals surface area contributed by atoms with Crippen LogP contribution >= 0.6 is 0 Å². The fraction of sp³-hybridized carbons (Fsp3) is 0.579. The fourth-order valence-corrected chi connectivity index (χ4v) is 3.73. The summed E-state index contributed by atoms with van der Waals surface area (Å²) >= 11 is 0. The summed E-state index contributed by atoms with van der Waals surface area (Å²) in [6.45, 7) is 5.43. The predicted molar refractivity (Wildman–Crippen MR) is 96.6 cm³/mol. The zero-order valence-electron chi connectivity index (χ0n) is 15.7. The number of ether oxygens (including phenoxy) is 3. The summed E-state index contributed by atoms with van der Waals surface area (Å²) in [7, 11) is 3.13. The van der Waals surface area contributed by atoms with Gasteiger partial charge in [-0.1, -0.05) is 0 Å². The first-order valence-corrected chi connectivity index (χ1v) is 8.89. The molecule has 3 rings (SSSR count). The lowest BCUT2D eigenvalue weighted by Gasteiger charge is -2.36. The molecule has 3 atom stereocenters. The van der Waals surface area contributed by atoms with Gasteiger partial charge in [0.1, 0.15) is 11.5 Å². The molecule has 2 fully saturated rings. The molecule has 1 aromatic rings. The Morgan fingerprint density at radius 3 is 2.42 bits per heavy atom. The van der Waals surface area contributed by atoms with Crippen LogP contribution in [0.3, 0.4) is 0 Å². The van der Waals surface area contributed by atoms with Crippen molar-refractivity contribution >= 4 is 17.5 Å². The van der Waals surface area contributed by atoms with Crippen molar-refractivity contribution in [3.05, 3.63) is 18.2 Å². The lowest BCUT2D eigenvalue weighted by atomic mass is 10.1. The molecule has 0 N–H and O–H groups in total. The highest BCUT2D eigenvalue weighted by molar-refractivity contribution is 6.01. The molecule has 0 bridgehead atoms. The number of nitrogens with zero attached hydrogens (tertiary/aromatic N) is 2. The van der Waals surface area contributed by atoms with E-state index >= 15 is 0 Å². The molecule has 26 heavy (non-hydrogen) atoms. The molecule has 2 aliphatic rings. The minimum Gasteiger partial charge on any atom is -0.497 e. The van der Waals surface area contributed by atoms with Crippen LogP contribution < -0.4 is 14.4 Å². The number of hydrogen-bond donors (Lipinski definition) is 0. The zero-order chi connectivity index (χ0) is 18.8. The Morgan fingerprint density at radius 1 is 1.12 bits per heavy atom. The topological polar surface area (TPSA) is 68.3 Å². The van der Waals surface area contributed by atoms with Crippen LogP contribution in [0.15, 0.2) is 18.2 Å². The Hall–Kier alpha value is -2.28. The number of hydrogen-bond acceptors (Lipinski definition) is 5. The summed E-state index contributed by atoms with van der Waals surface area (Å²) in [4.78, 5) is 28.9. The predicted octanol–water partition coefficient (Wildman–Crippen LogP) is 1.69. The Balaban J connectivity index is 1.75. The highest BCUT2D eigenvalue weighted by atomic mass is 16.5. The molecule has 7 nitrogen and oxygen atoms in total. The van der Waals surface area contributed by atoms with Gasteiger partial charge in [0.2, 0.25) is 11.8 Å². The second-order valence-corrected chi connectivity index (χ2v) is 6.94. The molecule has 2 saturated heterocycles. The SMILES string of the molecule is COc1ccc(N2C[C@H](C(=O)N3C[C@@H](C)O[C@@H](C)C3)CC2=O)c(OC)c1. The molecule has 1 aromatic carbocycles. The molecule has 7 heteroatoms. The molecular formula is C19H26N2O5. The van der Waals surface area contributed by atoms with Gasteiger partial charge in [0.05, 0.1) is 38.0 Å². The largest absolute Gasteiger partial charge is 0.497 e. The summed E-state index contributed by atoms with van der Waals surface area (Å²) in [6, 6.07) is 5.32. The second-order valence-electron chi connectivity index (χ2n) is 6.94. The van der Waals surface area contributed by atoms with E-state index in [2.05, 4.69) is 0 Å². The van der Waals surface area contributed by atoms with E-state index in [-0.39, 0.29) is 36.4 Å². The third-order valence-electron chi connectivity index (χ3n) is 4.88. The number of carbonyl (C=O) groups excluding carboxylic acids is 2. The van der Waals surface area contributed by atoms with Gasteiger partial charge >= 0.3 is 0 Å². The van der Waals surface area contributed by atoms with Gasteiger partial charge in [-0.2, -0.15) is 0 Å². The van der Waals surface area contributed by atoms with Crippen molar-refractivity contribution in [2.75, 3.05) is 38.8 Å². The first-order valence-electron chi connectivity index (χ1n) is 8.89. The maximum absolute atomic E-state index is 12.9. The Bertz CT molecular complexity index is 683. The Morgan fingerprint density at radius 2 is 1.81 bits per heavy atom. The Kier molecular flexibility index (Phi) is 5.36. The quantitative estimate of drug-likeness (QED) is 0.815. The van der Waals surface area contributed by atoms with Crippen molar-refractivity contribution in [1.29, 1.82) is 0 Å². The van der Waals surface area contributed by atoms with Gasteiger partial charge in [-0.15, -0.1) is 0 Å². The van der Waals surface area contributed by atoms with Crippen molar-refractivity contribution in [2.24, 2.45) is 5.92 Å². The van der Waals surface area contributed by atoms with Crippen LogP contribution in [0.1, 0.15) is 20.3 Å². The van der Waals surface area contributed by atoms with Crippen LogP contribution in [-0.2, 0) is 14.3 Å². The van der Waals surface area contributed by atoms with Gasteiger partial charge in [-0.25, -0.2) is 0 Å². The van der Waals surface area contributed by atoms with Crippen LogP contribution in [0.25, 0.3) is 0 Å². The van der Waals surface area contributed by atoms with Crippen molar-refractivity contribution in [2.45, 2.75) is 32.5 Å². The van der Waals surface area contributed by atoms with Gasteiger partial charge < -0.3 is 24.0 Å². The first-order chi connectivity index (χ1) is 12.4. The minimum atomic E-state index is -0.341. The number of morpholine rings is 1. The van der Waals surface area contributed by atoms with Crippen LogP contribution in [0.5, 0.6) is 11.5 Å². The summed E-state index contributed by atoms with van der Waals surface area (Å²) < 4.78 is 16.3. The molecule has 2 aliphatic heterocycles. The molecule has 0 aromatic heterocycles. The van der Waals surface area contributed by atoms with Gasteiger partial charge in [0.15, 0.2) is 0 Å². The molecule has 142 valence electrons. The maximum atomic E-state index is 12.9. The van der Waals surface area contributed by atoms with Gasteiger partial charge in [-0.3, -0.25) is 9.59 Å². The van der Waals surface area contributed by atoms with E-state index < -0.39 is 0 Å². The number of carbonyl (C=O) groups is 2. The molecule has 0 aliphatic carbocycles. The third-order valence-corrected chi connectivity index (χ3v) is 4.88. The molecule has 0 unspecified atom stereocenters. The minimum absolute atomic E-state index is 0.0117. The van der Waals surface area contributed by atoms with Crippen LogP contribution in [-0.4, -0.2) is 62.8 Å². The van der Waals surface area contributed by atoms with Crippen LogP contribution in [0.2, 0.25) is 0 Å². The molecule has 2 heterocycles. The molecule has 0 spiro atoms. The van der Waals surface area contributed by atoms with Crippen molar-refractivity contribution < 1.29 is 23.8 Å². The molecular weight excluding hydrogens is 336 g/mol. The number of rotatable bonds is 4. The van der Waals surface area contributed by atoms with Crippen LogP contribution in [0.4, 0.5) is 5.69 Å². The van der Waals surface area contributed by atoms with Gasteiger partial charge in [-0.05, 0) is 26.0 Å². The average molecular weight is 362 g/mol. The smallest absolute Gasteiger partial charge is 0.228 e. The van der Waals surface area contributed by atoms with Gasteiger partial charge in [0.25, 0.3) is 0 Å². The van der Waals surface area contributed by atoms with E-state index in [0.717, 1.165) is 0 Å². The summed E-state index contributed by atoms with van der Waals surface area (Å²) in [6.07, 6.45) is 0.240. The van der Waals surface area contributed by atoms with Crippen molar-refractivity contribution in [1.82, 2.24) is 4.90 Å². The second kappa shape index (κ2) is 7.53. The standard InChI is InChI=1S/C19H26N2O5/c1-12-9-20(10-13(2)26-12)19(23)14-7-18(22)21(11-14)16-6-5-15(24-3)8-17(16)25-4/h5-6,8,12-14H,7,9-11H2,1-4H3/t12-,13+,14-/m1/s1. The van der Waals surface area contributed by atoms with Crippen molar-refractivity contribution in [3.8, 4) is 11.5 Å². The summed E-state index contributed by atoms with van der Waals surface area (Å²) in [5.74, 6) is 0.823. The van der Waals surface area contributed by atoms with E-state index in [1.54, 1.807) is 37.3 Å². The lowest BCUT2D eigenvalue weighted by molar-refractivity contribution is -0.147. The van der Waals surface area contributed by atoms with E-state index in [0.29, 0.717) is 36.8 Å². The normalized spacial score (nSPS) is 26.2. The lowest BCUT2D eigenvalue weighted by Crippen LogP contribution is -2.50. The fourth-order valence-electron chi connectivity index (χ4n) is 3.73. The van der Waals surface area contributed by atoms with Crippen LogP contribution in [0, 0.1) is 5.92 Å². The Labute approximate surface area is 153 Å². The third kappa shape index (κ3) is 3.62. The molecule has 2 amide bonds. The average Bonchev–Trinajstić information content (AvgIpc) is 3.01. The monoisotopic (exact) mass is 362 g/mol. The summed E-state index contributed by atoms with van der Waals surface area (Å²) in [5.41, 5.74) is 0.664. The van der Waals surface area contributed by atoms with Gasteiger partial charge in [0, 0.05) is 32.1 Å². The molecule has 0 saturated carbocycles. The maximum Gasteiger partial charge on any atom is 0.228 e. The highest BCUT2D eigenvalue weighted by Crippen LogP contribution is 2.36. The number of amides is 2. The first kappa shape index (κ1) is 18.5. The number of benzene rings is 1. The number of methoxy groups -OCH3 is 2. The van der Waals surface area contributed by atoms with E-state index in [4.69, 9.17) is 14.2 Å². The molecule has 0 radical (unpaired) electrons. The zero-order valence-corrected chi connectivity index (χ0v) is 15.7. The highest BCUT2D eigenvalue weighted by Gasteiger charge is 2.39. The van der Waals surface area contributed by atoms with E-state index in [1.165, 1.54) is 0 Å². The van der Waals surface area contributed by atoms with Crippen molar-refractivity contribution in [3.63, 3.8) is 0 Å². The number of anilines is 1.